The molecule has 0 aliphatic rings. The van der Waals surface area contributed by atoms with Gasteiger partial charge in [-0.3, -0.25) is 0 Å². The zero-order chi connectivity index (χ0) is 9.68. The molecule has 0 bridgehead atoms. The van der Waals surface area contributed by atoms with Crippen molar-refractivity contribution in [2.24, 2.45) is 0 Å². The van der Waals surface area contributed by atoms with Crippen LogP contribution in [0.15, 0.2) is 24.3 Å². The fourth-order valence-corrected chi connectivity index (χ4v) is 1.74. The molecular formula is C11H14Cl2. The molecule has 0 aliphatic heterocycles. The molecule has 0 aliphatic carbocycles. The zero-order valence-corrected chi connectivity index (χ0v) is 9.28. The van der Waals surface area contributed by atoms with E-state index in [1.54, 1.807) is 0 Å². The monoisotopic (exact) mass is 216 g/mol. The predicted molar refractivity (Wildman–Crippen MR) is 59.6 cm³/mol. The molecule has 0 radical (unpaired) electrons. The molecule has 0 N–H and O–H groups in total. The van der Waals surface area contributed by atoms with E-state index in [-0.39, 0.29) is 5.38 Å². The van der Waals surface area contributed by atoms with Gasteiger partial charge in [0, 0.05) is 5.02 Å². The fourth-order valence-electron chi connectivity index (χ4n) is 1.25. The van der Waals surface area contributed by atoms with Gasteiger partial charge in [0.1, 0.15) is 0 Å². The second-order valence-corrected chi connectivity index (χ2v) is 4.13. The van der Waals surface area contributed by atoms with Crippen molar-refractivity contribution in [3.05, 3.63) is 34.9 Å². The van der Waals surface area contributed by atoms with Crippen molar-refractivity contribution in [3.63, 3.8) is 0 Å². The van der Waals surface area contributed by atoms with Crippen LogP contribution in [-0.4, -0.2) is 0 Å². The third-order valence-electron chi connectivity index (χ3n) is 2.02. The van der Waals surface area contributed by atoms with E-state index in [1.165, 1.54) is 12.8 Å². The molecule has 1 aromatic carbocycles. The van der Waals surface area contributed by atoms with Gasteiger partial charge in [0.15, 0.2) is 0 Å². The summed E-state index contributed by atoms with van der Waals surface area (Å²) in [6.45, 7) is 2.17. The summed E-state index contributed by atoms with van der Waals surface area (Å²) in [5, 5.41) is 0.873. The van der Waals surface area contributed by atoms with Gasteiger partial charge in [-0.05, 0) is 24.1 Å². The van der Waals surface area contributed by atoms with Crippen molar-refractivity contribution >= 4 is 23.2 Å². The smallest absolute Gasteiger partial charge is 0.0585 e. The summed E-state index contributed by atoms with van der Waals surface area (Å²) in [5.74, 6) is 0. The first-order chi connectivity index (χ1) is 6.24. The highest BCUT2D eigenvalue weighted by Crippen LogP contribution is 2.27. The molecule has 0 saturated carbocycles. The molecule has 1 aromatic rings. The number of hydrogen-bond acceptors (Lipinski definition) is 0. The Kier molecular flexibility index (Phi) is 4.61. The molecule has 1 atom stereocenters. The maximum atomic E-state index is 6.20. The highest BCUT2D eigenvalue weighted by Gasteiger charge is 2.06. The van der Waals surface area contributed by atoms with E-state index in [0.717, 1.165) is 17.0 Å². The van der Waals surface area contributed by atoms with Gasteiger partial charge in [0.05, 0.1) is 5.38 Å². The third-order valence-corrected chi connectivity index (χ3v) is 2.73. The van der Waals surface area contributed by atoms with Crippen LogP contribution in [0.1, 0.15) is 37.1 Å². The fraction of sp³-hybridized carbons (Fsp3) is 0.455. The first-order valence-corrected chi connectivity index (χ1v) is 5.45. The lowest BCUT2D eigenvalue weighted by Crippen LogP contribution is -1.89. The number of rotatable bonds is 4. The molecule has 72 valence electrons. The van der Waals surface area contributed by atoms with Gasteiger partial charge in [-0.15, -0.1) is 11.6 Å². The summed E-state index contributed by atoms with van der Waals surface area (Å²) < 4.78 is 0. The maximum absolute atomic E-state index is 6.20. The molecule has 0 fully saturated rings. The predicted octanol–water partition coefficient (Wildman–Crippen LogP) is 4.81. The lowest BCUT2D eigenvalue weighted by atomic mass is 10.1. The molecule has 0 aromatic heterocycles. The Labute approximate surface area is 89.9 Å². The summed E-state index contributed by atoms with van der Waals surface area (Å²) in [6, 6.07) is 7.78. The van der Waals surface area contributed by atoms with Crippen LogP contribution in [0.3, 0.4) is 0 Å². The number of halogens is 2. The second kappa shape index (κ2) is 5.51. The SMILES string of the molecule is CCCCC(Cl)c1cccc(Cl)c1. The van der Waals surface area contributed by atoms with Gasteiger partial charge in [-0.25, -0.2) is 0 Å². The van der Waals surface area contributed by atoms with E-state index >= 15 is 0 Å². The van der Waals surface area contributed by atoms with Gasteiger partial charge in [-0.1, -0.05) is 43.5 Å². The Morgan fingerprint density at radius 2 is 2.15 bits per heavy atom. The molecule has 0 amide bonds. The lowest BCUT2D eigenvalue weighted by molar-refractivity contribution is 0.701. The minimum atomic E-state index is 0.110. The molecule has 2 heteroatoms. The first kappa shape index (κ1) is 10.9. The van der Waals surface area contributed by atoms with Gasteiger partial charge in [0.25, 0.3) is 0 Å². The topological polar surface area (TPSA) is 0 Å². The Morgan fingerprint density at radius 1 is 1.38 bits per heavy atom. The van der Waals surface area contributed by atoms with Crippen LogP contribution in [0.25, 0.3) is 0 Å². The van der Waals surface area contributed by atoms with Gasteiger partial charge in [0.2, 0.25) is 0 Å². The van der Waals surface area contributed by atoms with Crippen molar-refractivity contribution < 1.29 is 0 Å². The van der Waals surface area contributed by atoms with Crippen molar-refractivity contribution in [3.8, 4) is 0 Å². The summed E-state index contributed by atoms with van der Waals surface area (Å²) in [6.07, 6.45) is 3.38. The average molecular weight is 217 g/mol. The minimum absolute atomic E-state index is 0.110. The third kappa shape index (κ3) is 3.58. The Bertz CT molecular complexity index is 258. The quantitative estimate of drug-likeness (QED) is 0.635. The van der Waals surface area contributed by atoms with Crippen LogP contribution in [0.2, 0.25) is 5.02 Å². The van der Waals surface area contributed by atoms with Crippen molar-refractivity contribution in [2.75, 3.05) is 0 Å². The molecule has 0 saturated heterocycles. The largest absolute Gasteiger partial charge is 0.118 e. The maximum Gasteiger partial charge on any atom is 0.0585 e. The average Bonchev–Trinajstić information content (AvgIpc) is 2.14. The molecule has 1 rings (SSSR count). The number of alkyl halides is 1. The van der Waals surface area contributed by atoms with E-state index in [2.05, 4.69) is 6.92 Å². The van der Waals surface area contributed by atoms with Gasteiger partial charge >= 0.3 is 0 Å². The second-order valence-electron chi connectivity index (χ2n) is 3.16. The van der Waals surface area contributed by atoms with E-state index in [1.807, 2.05) is 24.3 Å². The Hall–Kier alpha value is -0.200. The van der Waals surface area contributed by atoms with E-state index in [9.17, 15) is 0 Å². The number of benzene rings is 1. The molecule has 0 nitrogen and oxygen atoms in total. The van der Waals surface area contributed by atoms with Crippen LogP contribution < -0.4 is 0 Å². The van der Waals surface area contributed by atoms with Crippen LogP contribution in [0.4, 0.5) is 0 Å². The van der Waals surface area contributed by atoms with Crippen LogP contribution in [-0.2, 0) is 0 Å². The highest BCUT2D eigenvalue weighted by molar-refractivity contribution is 6.30. The normalized spacial score (nSPS) is 12.8. The Balaban J connectivity index is 2.60. The van der Waals surface area contributed by atoms with Crippen molar-refractivity contribution in [1.29, 1.82) is 0 Å². The summed E-state index contributed by atoms with van der Waals surface area (Å²) in [7, 11) is 0. The summed E-state index contributed by atoms with van der Waals surface area (Å²) in [5.41, 5.74) is 1.13. The van der Waals surface area contributed by atoms with Gasteiger partial charge in [-0.2, -0.15) is 0 Å². The summed E-state index contributed by atoms with van der Waals surface area (Å²) in [4.78, 5) is 0. The van der Waals surface area contributed by atoms with E-state index < -0.39 is 0 Å². The van der Waals surface area contributed by atoms with Crippen LogP contribution in [0, 0.1) is 0 Å². The molecular weight excluding hydrogens is 203 g/mol. The minimum Gasteiger partial charge on any atom is -0.118 e. The van der Waals surface area contributed by atoms with Crippen molar-refractivity contribution in [2.45, 2.75) is 31.6 Å². The molecule has 13 heavy (non-hydrogen) atoms. The van der Waals surface area contributed by atoms with Crippen molar-refractivity contribution in [1.82, 2.24) is 0 Å². The van der Waals surface area contributed by atoms with E-state index in [0.29, 0.717) is 0 Å². The molecule has 1 unspecified atom stereocenters. The number of unbranched alkanes of at least 4 members (excludes halogenated alkanes) is 1. The standard InChI is InChI=1S/C11H14Cl2/c1-2-3-7-11(13)9-5-4-6-10(12)8-9/h4-6,8,11H,2-3,7H2,1H3. The van der Waals surface area contributed by atoms with E-state index in [4.69, 9.17) is 23.2 Å². The Morgan fingerprint density at radius 3 is 2.77 bits per heavy atom. The van der Waals surface area contributed by atoms with Gasteiger partial charge < -0.3 is 0 Å². The number of hydrogen-bond donors (Lipinski definition) is 0. The van der Waals surface area contributed by atoms with Crippen LogP contribution >= 0.6 is 23.2 Å². The first-order valence-electron chi connectivity index (χ1n) is 4.63. The van der Waals surface area contributed by atoms with Crippen LogP contribution in [0.5, 0.6) is 0 Å². The highest BCUT2D eigenvalue weighted by atomic mass is 35.5. The lowest BCUT2D eigenvalue weighted by Gasteiger charge is -2.08. The molecule has 0 spiro atoms. The summed E-state index contributed by atoms with van der Waals surface area (Å²) >= 11 is 12.1. The molecule has 0 heterocycles. The zero-order valence-electron chi connectivity index (χ0n) is 7.76.